The van der Waals surface area contributed by atoms with E-state index < -0.39 is 0 Å². The van der Waals surface area contributed by atoms with Gasteiger partial charge in [0.25, 0.3) is 0 Å². The van der Waals surface area contributed by atoms with Gasteiger partial charge >= 0.3 is 17.5 Å². The van der Waals surface area contributed by atoms with E-state index in [2.05, 4.69) is 61.3 Å². The molecule has 6 rings (SSSR count). The van der Waals surface area contributed by atoms with E-state index in [-0.39, 0.29) is 37.2 Å². The van der Waals surface area contributed by atoms with E-state index in [1.54, 1.807) is 6.92 Å². The number of halogens is 3. The summed E-state index contributed by atoms with van der Waals surface area (Å²) in [6, 6.07) is 34.4. The maximum Gasteiger partial charge on any atom is 0.350 e. The number of nitrogens with zero attached hydrogens (tertiary/aromatic N) is 18. The number of hydrogen-bond acceptors (Lipinski definition) is 9. The molecule has 0 aromatic carbocycles. The summed E-state index contributed by atoms with van der Waals surface area (Å²) in [6.07, 6.45) is 13.5. The van der Waals surface area contributed by atoms with Crippen molar-refractivity contribution in [1.29, 1.82) is 0 Å². The second kappa shape index (κ2) is 30.1. The fraction of sp³-hybridized carbons (Fsp3) is 0.214. The molecule has 63 heavy (non-hydrogen) atoms. The average Bonchev–Trinajstić information content (AvgIpc) is 3.26. The summed E-state index contributed by atoms with van der Waals surface area (Å²) < 4.78 is 11.3. The number of amidine groups is 2. The van der Waals surface area contributed by atoms with Gasteiger partial charge in [0.1, 0.15) is 0 Å². The van der Waals surface area contributed by atoms with Crippen molar-refractivity contribution in [1.82, 2.24) is 13.7 Å². The number of azo groups is 3. The van der Waals surface area contributed by atoms with Crippen LogP contribution in [0.3, 0.4) is 0 Å². The van der Waals surface area contributed by atoms with Crippen LogP contribution in [0, 0.1) is 0 Å². The minimum Gasteiger partial charge on any atom is -1.00 e. The van der Waals surface area contributed by atoms with E-state index in [0.717, 1.165) is 33.9 Å². The third-order valence-corrected chi connectivity index (χ3v) is 8.03. The summed E-state index contributed by atoms with van der Waals surface area (Å²) in [6.45, 7) is 3.74. The molecule has 18 nitrogen and oxygen atoms in total. The predicted octanol–water partition coefficient (Wildman–Crippen LogP) is -3.39. The predicted molar refractivity (Wildman–Crippen MR) is 229 cm³/mol. The topological polar surface area (TPSA) is 175 Å². The van der Waals surface area contributed by atoms with Crippen molar-refractivity contribution >= 4 is 35.5 Å². The maximum atomic E-state index is 4.20. The Hall–Kier alpha value is -7.02. The molecule has 0 atom stereocenters. The fourth-order valence-corrected chi connectivity index (χ4v) is 4.55. The van der Waals surface area contributed by atoms with Crippen LogP contribution in [0.5, 0.6) is 0 Å². The highest BCUT2D eigenvalue weighted by Gasteiger charge is 2.06. The number of rotatable bonds is 8. The zero-order chi connectivity index (χ0) is 43.0. The SMILES string of the molecule is CC(N=Nc1cccc[n+]1C)=NN=c1ccccn1C.CCC(N=Nc1cccc[n+]1C)=NN=c1ccccn1C.Cn1ccccc1=NN=CN=Nc1cccc[n+]1C.[Cl-].[Cl-].[Cl-]. The lowest BCUT2D eigenvalue weighted by Gasteiger charge is -1.95. The van der Waals surface area contributed by atoms with E-state index >= 15 is 0 Å². The van der Waals surface area contributed by atoms with Gasteiger partial charge in [-0.3, -0.25) is 0 Å². The van der Waals surface area contributed by atoms with Crippen molar-refractivity contribution in [2.45, 2.75) is 20.3 Å². The van der Waals surface area contributed by atoms with Crippen molar-refractivity contribution in [3.63, 3.8) is 0 Å². The zero-order valence-corrected chi connectivity index (χ0v) is 38.6. The molecule has 0 amide bonds. The van der Waals surface area contributed by atoms with Crippen LogP contribution in [-0.4, -0.2) is 31.7 Å². The van der Waals surface area contributed by atoms with Crippen LogP contribution in [0.15, 0.2) is 208 Å². The highest BCUT2D eigenvalue weighted by atomic mass is 35.5. The second-order valence-corrected chi connectivity index (χ2v) is 12.7. The summed E-state index contributed by atoms with van der Waals surface area (Å²) in [5.41, 5.74) is 2.27. The number of pyridine rings is 6. The largest absolute Gasteiger partial charge is 1.00 e. The van der Waals surface area contributed by atoms with E-state index in [4.69, 9.17) is 0 Å². The summed E-state index contributed by atoms with van der Waals surface area (Å²) in [5, 5.41) is 48.9. The first kappa shape index (κ1) is 54.0. The van der Waals surface area contributed by atoms with Gasteiger partial charge in [-0.1, -0.05) is 43.3 Å². The van der Waals surface area contributed by atoms with Gasteiger partial charge in [0, 0.05) is 71.3 Å². The highest BCUT2D eigenvalue weighted by molar-refractivity contribution is 5.82. The number of aryl methyl sites for hydroxylation is 6. The Morgan fingerprint density at radius 1 is 0.508 bits per heavy atom. The lowest BCUT2D eigenvalue weighted by atomic mass is 10.4. The lowest BCUT2D eigenvalue weighted by Crippen LogP contribution is -3.00. The number of aromatic nitrogens is 6. The molecule has 6 aromatic rings. The Bertz CT molecular complexity index is 2710. The monoisotopic (exact) mass is 912 g/mol. The van der Waals surface area contributed by atoms with Crippen LogP contribution >= 0.6 is 0 Å². The van der Waals surface area contributed by atoms with Gasteiger partial charge in [0.15, 0.2) is 34.5 Å². The van der Waals surface area contributed by atoms with Crippen LogP contribution in [0.25, 0.3) is 0 Å². The molecule has 0 aliphatic heterocycles. The molecule has 0 spiro atoms. The van der Waals surface area contributed by atoms with E-state index in [1.165, 1.54) is 6.34 Å². The Balaban J connectivity index is 0.000000462. The molecule has 6 aromatic heterocycles. The first-order valence-corrected chi connectivity index (χ1v) is 18.8. The first-order chi connectivity index (χ1) is 29.1. The molecule has 0 saturated carbocycles. The summed E-state index contributed by atoms with van der Waals surface area (Å²) >= 11 is 0. The standard InChI is InChI=1S/C15H19N6.C14H17N6.C13H15N6.3ClH/c1-4-13(16-18-14-9-5-7-11-20(14)2)17-19-15-10-6-8-12-21(15)3;1-12(15-17-13-8-4-6-10-19(13)2)16-18-14-9-5-7-11-20(14)3;1-18-9-5-3-7-12(18)16-14-11-15-17-13-8-4-6-10-19(13)2;;;/h5-12H,4H2,1-3H3;4-11H,1-3H3;3-11H,1-2H3;3*1H/q3*+1;;;/p-3. The number of hydrogen-bond donors (Lipinski definition) is 0. The average molecular weight is 914 g/mol. The molecular formula is C42H51Cl3N18. The molecule has 0 fully saturated rings. The van der Waals surface area contributed by atoms with Gasteiger partial charge in [-0.25, -0.2) is 13.7 Å². The summed E-state index contributed by atoms with van der Waals surface area (Å²) in [5.74, 6) is 3.36. The lowest BCUT2D eigenvalue weighted by molar-refractivity contribution is -0.658. The maximum absolute atomic E-state index is 4.20. The normalized spacial score (nSPS) is 12.3. The Morgan fingerprint density at radius 3 is 1.33 bits per heavy atom. The summed E-state index contributed by atoms with van der Waals surface area (Å²) in [4.78, 5) is 0. The molecule has 0 aliphatic carbocycles. The minimum atomic E-state index is 0. The van der Waals surface area contributed by atoms with Crippen LogP contribution < -0.4 is 67.4 Å². The smallest absolute Gasteiger partial charge is 0.350 e. The molecule has 0 saturated heterocycles. The molecule has 0 radical (unpaired) electrons. The van der Waals surface area contributed by atoms with E-state index in [1.807, 2.05) is 223 Å². The Morgan fingerprint density at radius 2 is 0.905 bits per heavy atom. The summed E-state index contributed by atoms with van der Waals surface area (Å²) in [7, 11) is 11.5. The van der Waals surface area contributed by atoms with Gasteiger partial charge in [-0.05, 0) is 69.9 Å². The third-order valence-electron chi connectivity index (χ3n) is 8.03. The molecule has 0 N–H and O–H groups in total. The Kier molecular flexibility index (Phi) is 25.8. The van der Waals surface area contributed by atoms with Gasteiger partial charge in [-0.2, -0.15) is 0 Å². The first-order valence-electron chi connectivity index (χ1n) is 18.8. The van der Waals surface area contributed by atoms with Gasteiger partial charge in [0.05, 0.1) is 55.1 Å². The molecule has 6 heterocycles. The van der Waals surface area contributed by atoms with Crippen molar-refractivity contribution in [3.8, 4) is 0 Å². The van der Waals surface area contributed by atoms with Gasteiger partial charge in [0.2, 0.25) is 0 Å². The molecule has 330 valence electrons. The second-order valence-electron chi connectivity index (χ2n) is 12.7. The quantitative estimate of drug-likeness (QED) is 0.0488. The van der Waals surface area contributed by atoms with Gasteiger partial charge < -0.3 is 50.9 Å². The van der Waals surface area contributed by atoms with Crippen molar-refractivity contribution in [2.75, 3.05) is 0 Å². The van der Waals surface area contributed by atoms with Gasteiger partial charge in [-0.15, -0.1) is 30.6 Å². The third kappa shape index (κ3) is 19.5. The minimum absolute atomic E-state index is 0. The van der Waals surface area contributed by atoms with Crippen molar-refractivity contribution in [3.05, 3.63) is 163 Å². The Labute approximate surface area is 385 Å². The van der Waals surface area contributed by atoms with Crippen LogP contribution in [0.2, 0.25) is 0 Å². The van der Waals surface area contributed by atoms with Crippen molar-refractivity contribution in [2.24, 2.45) is 104 Å². The zero-order valence-electron chi connectivity index (χ0n) is 36.3. The van der Waals surface area contributed by atoms with Crippen LogP contribution in [0.1, 0.15) is 20.3 Å². The van der Waals surface area contributed by atoms with Crippen molar-refractivity contribution < 1.29 is 50.9 Å². The fourth-order valence-electron chi connectivity index (χ4n) is 4.55. The van der Waals surface area contributed by atoms with Crippen LogP contribution in [-0.2, 0) is 42.3 Å². The highest BCUT2D eigenvalue weighted by Crippen LogP contribution is 2.05. The molecule has 0 aliphatic rings. The van der Waals surface area contributed by atoms with E-state index in [0.29, 0.717) is 18.1 Å². The molecule has 0 unspecified atom stereocenters. The molecule has 21 heteroatoms. The molecule has 0 bridgehead atoms. The van der Waals surface area contributed by atoms with E-state index in [9.17, 15) is 0 Å². The molecular weight excluding hydrogens is 863 g/mol. The van der Waals surface area contributed by atoms with Crippen LogP contribution in [0.4, 0.5) is 17.5 Å².